The molecule has 1 rings (SSSR count). The smallest absolute Gasteiger partial charge is 0.227 e. The number of methoxy groups -OCH3 is 1. The maximum atomic E-state index is 12.1. The van der Waals surface area contributed by atoms with Crippen LogP contribution < -0.4 is 14.8 Å². The Kier molecular flexibility index (Phi) is 6.82. The summed E-state index contributed by atoms with van der Waals surface area (Å²) >= 11 is 5.81. The van der Waals surface area contributed by atoms with E-state index in [1.165, 1.54) is 0 Å². The molecule has 0 radical (unpaired) electrons. The lowest BCUT2D eigenvalue weighted by molar-refractivity contribution is -0.128. The quantitative estimate of drug-likeness (QED) is 0.749. The molecule has 0 aliphatic rings. The van der Waals surface area contributed by atoms with Gasteiger partial charge in [0.1, 0.15) is 11.5 Å². The average molecular weight is 314 g/mol. The summed E-state index contributed by atoms with van der Waals surface area (Å²) in [7, 11) is 1.61. The molecule has 0 aliphatic carbocycles. The molecular weight excluding hydrogens is 290 g/mol. The first-order chi connectivity index (χ1) is 9.94. The van der Waals surface area contributed by atoms with Crippen molar-refractivity contribution in [1.29, 1.82) is 0 Å². The Hall–Kier alpha value is -1.42. The van der Waals surface area contributed by atoms with E-state index in [4.69, 9.17) is 21.1 Å². The van der Waals surface area contributed by atoms with E-state index >= 15 is 0 Å². The van der Waals surface area contributed by atoms with Crippen molar-refractivity contribution in [3.05, 3.63) is 23.8 Å². The maximum absolute atomic E-state index is 12.1. The Morgan fingerprint density at radius 3 is 2.67 bits per heavy atom. The minimum Gasteiger partial charge on any atom is -0.497 e. The van der Waals surface area contributed by atoms with E-state index in [1.807, 2.05) is 39.0 Å². The molecule has 0 saturated carbocycles. The van der Waals surface area contributed by atoms with Gasteiger partial charge in [0.2, 0.25) is 5.91 Å². The van der Waals surface area contributed by atoms with Gasteiger partial charge in [0, 0.05) is 24.1 Å². The lowest BCUT2D eigenvalue weighted by Gasteiger charge is -2.21. The van der Waals surface area contributed by atoms with Crippen LogP contribution in [0.2, 0.25) is 0 Å². The molecular formula is C16H24ClNO3. The second kappa shape index (κ2) is 8.13. The fourth-order valence-corrected chi connectivity index (χ4v) is 1.75. The number of carbonyl (C=O) groups excluding carboxylic acids is 1. The van der Waals surface area contributed by atoms with Crippen LogP contribution in [0.15, 0.2) is 18.2 Å². The third-order valence-electron chi connectivity index (χ3n) is 3.12. The first kappa shape index (κ1) is 17.6. The lowest BCUT2D eigenvalue weighted by atomic mass is 9.95. The molecule has 0 spiro atoms. The number of hydrogen-bond donors (Lipinski definition) is 1. The highest BCUT2D eigenvalue weighted by Crippen LogP contribution is 2.25. The highest BCUT2D eigenvalue weighted by atomic mass is 35.5. The summed E-state index contributed by atoms with van der Waals surface area (Å²) in [5.41, 5.74) is 0.335. The van der Waals surface area contributed by atoms with Gasteiger partial charge >= 0.3 is 0 Å². The number of ether oxygens (including phenoxy) is 2. The molecule has 21 heavy (non-hydrogen) atoms. The number of rotatable bonds is 8. The molecule has 1 amide bonds. The van der Waals surface area contributed by atoms with Crippen LogP contribution in [0.3, 0.4) is 0 Å². The standard InChI is InChI=1S/C16H24ClNO3/c1-5-8-21-14-9-13(20-4)7-6-12(14)10-18-15(19)16(2,3)11-17/h6-7,9H,5,8,10-11H2,1-4H3,(H,18,19). The Balaban J connectivity index is 2.79. The highest BCUT2D eigenvalue weighted by Gasteiger charge is 2.26. The Labute approximate surface area is 131 Å². The third kappa shape index (κ3) is 5.12. The van der Waals surface area contributed by atoms with Crippen molar-refractivity contribution < 1.29 is 14.3 Å². The molecule has 118 valence electrons. The van der Waals surface area contributed by atoms with Crippen molar-refractivity contribution in [3.8, 4) is 11.5 Å². The number of amides is 1. The van der Waals surface area contributed by atoms with Crippen LogP contribution in [0, 0.1) is 5.41 Å². The molecule has 4 nitrogen and oxygen atoms in total. The first-order valence-electron chi connectivity index (χ1n) is 7.08. The van der Waals surface area contributed by atoms with Crippen molar-refractivity contribution >= 4 is 17.5 Å². The second-order valence-electron chi connectivity index (χ2n) is 5.52. The first-order valence-corrected chi connectivity index (χ1v) is 7.62. The maximum Gasteiger partial charge on any atom is 0.227 e. The van der Waals surface area contributed by atoms with E-state index in [1.54, 1.807) is 7.11 Å². The summed E-state index contributed by atoms with van der Waals surface area (Å²) in [6.45, 7) is 6.71. The van der Waals surface area contributed by atoms with Gasteiger partial charge in [0.25, 0.3) is 0 Å². The summed E-state index contributed by atoms with van der Waals surface area (Å²) in [5, 5.41) is 2.90. The summed E-state index contributed by atoms with van der Waals surface area (Å²) in [5.74, 6) is 1.67. The summed E-state index contributed by atoms with van der Waals surface area (Å²) in [4.78, 5) is 12.1. The summed E-state index contributed by atoms with van der Waals surface area (Å²) in [6, 6.07) is 5.59. The van der Waals surface area contributed by atoms with Crippen molar-refractivity contribution in [3.63, 3.8) is 0 Å². The topological polar surface area (TPSA) is 47.6 Å². The zero-order valence-corrected chi connectivity index (χ0v) is 13.9. The van der Waals surface area contributed by atoms with Crippen LogP contribution in [-0.2, 0) is 11.3 Å². The van der Waals surface area contributed by atoms with Crippen LogP contribution >= 0.6 is 11.6 Å². The van der Waals surface area contributed by atoms with Gasteiger partial charge in [-0.3, -0.25) is 4.79 Å². The molecule has 0 atom stereocenters. The van der Waals surface area contributed by atoms with E-state index in [2.05, 4.69) is 5.32 Å². The minimum absolute atomic E-state index is 0.0743. The summed E-state index contributed by atoms with van der Waals surface area (Å²) in [6.07, 6.45) is 0.919. The van der Waals surface area contributed by atoms with Crippen LogP contribution in [0.4, 0.5) is 0 Å². The van der Waals surface area contributed by atoms with Gasteiger partial charge in [0.05, 0.1) is 19.1 Å². The number of carbonyl (C=O) groups is 1. The van der Waals surface area contributed by atoms with Gasteiger partial charge < -0.3 is 14.8 Å². The van der Waals surface area contributed by atoms with Crippen LogP contribution in [0.25, 0.3) is 0 Å². The zero-order valence-electron chi connectivity index (χ0n) is 13.2. The normalized spacial score (nSPS) is 11.1. The predicted octanol–water partition coefficient (Wildman–Crippen LogP) is 3.37. The molecule has 5 heteroatoms. The number of halogens is 1. The summed E-state index contributed by atoms with van der Waals surface area (Å²) < 4.78 is 10.9. The van der Waals surface area contributed by atoms with Crippen molar-refractivity contribution in [2.45, 2.75) is 33.7 Å². The molecule has 0 bridgehead atoms. The Bertz CT molecular complexity index is 475. The van der Waals surface area contributed by atoms with Crippen molar-refractivity contribution in [2.75, 3.05) is 19.6 Å². The van der Waals surface area contributed by atoms with Gasteiger partial charge in [0.15, 0.2) is 0 Å². The molecule has 0 saturated heterocycles. The largest absolute Gasteiger partial charge is 0.497 e. The van der Waals surface area contributed by atoms with E-state index < -0.39 is 5.41 Å². The van der Waals surface area contributed by atoms with Crippen molar-refractivity contribution in [2.24, 2.45) is 5.41 Å². The lowest BCUT2D eigenvalue weighted by Crippen LogP contribution is -2.37. The average Bonchev–Trinajstić information content (AvgIpc) is 2.50. The highest BCUT2D eigenvalue weighted by molar-refractivity contribution is 6.19. The number of hydrogen-bond acceptors (Lipinski definition) is 3. The fraction of sp³-hybridized carbons (Fsp3) is 0.562. The van der Waals surface area contributed by atoms with Crippen molar-refractivity contribution in [1.82, 2.24) is 5.32 Å². The van der Waals surface area contributed by atoms with Gasteiger partial charge in [-0.15, -0.1) is 11.6 Å². The molecule has 0 aromatic heterocycles. The molecule has 1 N–H and O–H groups in total. The van der Waals surface area contributed by atoms with Crippen LogP contribution in [-0.4, -0.2) is 25.5 Å². The Morgan fingerprint density at radius 2 is 2.10 bits per heavy atom. The SMILES string of the molecule is CCCOc1cc(OC)ccc1CNC(=O)C(C)(C)CCl. The third-order valence-corrected chi connectivity index (χ3v) is 3.79. The zero-order chi connectivity index (χ0) is 15.9. The van der Waals surface area contributed by atoms with Gasteiger partial charge in [-0.1, -0.05) is 6.92 Å². The number of nitrogens with one attached hydrogen (secondary N) is 1. The van der Waals surface area contributed by atoms with Gasteiger partial charge in [-0.25, -0.2) is 0 Å². The molecule has 0 heterocycles. The van der Waals surface area contributed by atoms with E-state index in [-0.39, 0.29) is 11.8 Å². The van der Waals surface area contributed by atoms with Gasteiger partial charge in [-0.05, 0) is 32.4 Å². The van der Waals surface area contributed by atoms with Gasteiger partial charge in [-0.2, -0.15) is 0 Å². The number of benzene rings is 1. The second-order valence-corrected chi connectivity index (χ2v) is 5.79. The molecule has 1 aromatic carbocycles. The van der Waals surface area contributed by atoms with E-state index in [0.717, 1.165) is 23.5 Å². The number of alkyl halides is 1. The molecule has 0 fully saturated rings. The molecule has 1 aromatic rings. The molecule has 0 aliphatic heterocycles. The van der Waals surface area contributed by atoms with E-state index in [0.29, 0.717) is 13.2 Å². The Morgan fingerprint density at radius 1 is 1.38 bits per heavy atom. The predicted molar refractivity (Wildman–Crippen MR) is 85.1 cm³/mol. The van der Waals surface area contributed by atoms with E-state index in [9.17, 15) is 4.79 Å². The monoisotopic (exact) mass is 313 g/mol. The molecule has 0 unspecified atom stereocenters. The minimum atomic E-state index is -0.585. The fourth-order valence-electron chi connectivity index (χ4n) is 1.63. The van der Waals surface area contributed by atoms with Crippen LogP contribution in [0.5, 0.6) is 11.5 Å². The van der Waals surface area contributed by atoms with Crippen LogP contribution in [0.1, 0.15) is 32.8 Å².